The summed E-state index contributed by atoms with van der Waals surface area (Å²) in [6.07, 6.45) is 3.59. The molecule has 0 amide bonds. The van der Waals surface area contributed by atoms with Gasteiger partial charge < -0.3 is 15.6 Å². The van der Waals surface area contributed by atoms with Crippen molar-refractivity contribution in [2.75, 3.05) is 17.7 Å². The Morgan fingerprint density at radius 3 is 2.71 bits per heavy atom. The normalized spacial score (nSPS) is 10.5. The van der Waals surface area contributed by atoms with E-state index in [9.17, 15) is 0 Å². The van der Waals surface area contributed by atoms with Crippen LogP contribution in [0.4, 0.5) is 11.8 Å². The first kappa shape index (κ1) is 13.2. The van der Waals surface area contributed by atoms with Crippen molar-refractivity contribution < 1.29 is 0 Å². The number of hydrogen-bond acceptors (Lipinski definition) is 4. The maximum atomic E-state index is 5.62. The van der Waals surface area contributed by atoms with Gasteiger partial charge >= 0.3 is 0 Å². The summed E-state index contributed by atoms with van der Waals surface area (Å²) in [7, 11) is 2.03. The number of pyridine rings is 1. The first-order valence-electron chi connectivity index (χ1n) is 6.75. The quantitative estimate of drug-likeness (QED) is 0.770. The molecule has 0 saturated heterocycles. The lowest BCUT2D eigenvalue weighted by Crippen LogP contribution is -2.17. The number of rotatable bonds is 4. The van der Waals surface area contributed by atoms with E-state index in [1.807, 2.05) is 37.4 Å². The van der Waals surface area contributed by atoms with E-state index in [1.165, 1.54) is 5.56 Å². The second kappa shape index (κ2) is 5.66. The maximum absolute atomic E-state index is 5.62. The smallest absolute Gasteiger partial charge is 0.198 e. The highest BCUT2D eigenvalue weighted by atomic mass is 15.2. The van der Waals surface area contributed by atoms with Gasteiger partial charge in [-0.1, -0.05) is 30.3 Å². The second-order valence-corrected chi connectivity index (χ2v) is 4.92. The van der Waals surface area contributed by atoms with Gasteiger partial charge in [0.25, 0.3) is 0 Å². The molecule has 0 fully saturated rings. The summed E-state index contributed by atoms with van der Waals surface area (Å²) >= 11 is 0. The minimum atomic E-state index is 0.418. The molecular weight excluding hydrogens is 262 g/mol. The Kier molecular flexibility index (Phi) is 3.55. The van der Waals surface area contributed by atoms with Gasteiger partial charge in [-0.3, -0.25) is 0 Å². The SMILES string of the molecule is CN(Cc1ccccc1)c1cc(-c2c[nH]c(N)n2)ccn1. The van der Waals surface area contributed by atoms with Crippen molar-refractivity contribution in [1.82, 2.24) is 15.0 Å². The average Bonchev–Trinajstić information content (AvgIpc) is 2.95. The van der Waals surface area contributed by atoms with E-state index in [0.717, 1.165) is 23.6 Å². The third-order valence-corrected chi connectivity index (χ3v) is 3.29. The molecule has 0 radical (unpaired) electrons. The number of aromatic nitrogens is 3. The van der Waals surface area contributed by atoms with Crippen LogP contribution in [0.1, 0.15) is 5.56 Å². The molecule has 0 bridgehead atoms. The van der Waals surface area contributed by atoms with Crippen LogP contribution in [-0.2, 0) is 6.54 Å². The number of benzene rings is 1. The summed E-state index contributed by atoms with van der Waals surface area (Å²) in [6.45, 7) is 0.806. The molecule has 0 saturated carbocycles. The number of H-pyrrole nitrogens is 1. The van der Waals surface area contributed by atoms with E-state index in [4.69, 9.17) is 5.73 Å². The van der Waals surface area contributed by atoms with Crippen LogP contribution < -0.4 is 10.6 Å². The first-order valence-corrected chi connectivity index (χ1v) is 6.75. The molecule has 1 aromatic carbocycles. The van der Waals surface area contributed by atoms with Crippen LogP contribution in [-0.4, -0.2) is 22.0 Å². The van der Waals surface area contributed by atoms with Crippen LogP contribution in [0.25, 0.3) is 11.3 Å². The van der Waals surface area contributed by atoms with Gasteiger partial charge in [-0.05, 0) is 17.7 Å². The molecule has 106 valence electrons. The van der Waals surface area contributed by atoms with Crippen molar-refractivity contribution in [2.24, 2.45) is 0 Å². The summed E-state index contributed by atoms with van der Waals surface area (Å²) in [6, 6.07) is 14.3. The minimum Gasteiger partial charge on any atom is -0.369 e. The summed E-state index contributed by atoms with van der Waals surface area (Å²) < 4.78 is 0. The molecule has 0 spiro atoms. The third-order valence-electron chi connectivity index (χ3n) is 3.29. The van der Waals surface area contributed by atoms with Gasteiger partial charge in [-0.15, -0.1) is 0 Å². The molecule has 3 N–H and O–H groups in total. The molecule has 5 nitrogen and oxygen atoms in total. The fraction of sp³-hybridized carbons (Fsp3) is 0.125. The Hall–Kier alpha value is -2.82. The van der Waals surface area contributed by atoms with Crippen molar-refractivity contribution >= 4 is 11.8 Å². The van der Waals surface area contributed by atoms with Crippen molar-refractivity contribution in [3.63, 3.8) is 0 Å². The van der Waals surface area contributed by atoms with E-state index < -0.39 is 0 Å². The highest BCUT2D eigenvalue weighted by Crippen LogP contribution is 2.22. The standard InChI is InChI=1S/C16H17N5/c1-21(11-12-5-3-2-4-6-12)15-9-13(7-8-18-15)14-10-19-16(17)20-14/h2-10H,11H2,1H3,(H3,17,19,20). The van der Waals surface area contributed by atoms with Crippen LogP contribution in [0.5, 0.6) is 0 Å². The minimum absolute atomic E-state index is 0.418. The zero-order valence-electron chi connectivity index (χ0n) is 11.8. The zero-order valence-corrected chi connectivity index (χ0v) is 11.8. The summed E-state index contributed by atoms with van der Waals surface area (Å²) in [4.78, 5) is 13.7. The Bertz CT molecular complexity index is 720. The largest absolute Gasteiger partial charge is 0.369 e. The predicted octanol–water partition coefficient (Wildman–Crippen LogP) is 2.69. The number of nitrogens with two attached hydrogens (primary N) is 1. The number of imidazole rings is 1. The van der Waals surface area contributed by atoms with E-state index in [-0.39, 0.29) is 0 Å². The lowest BCUT2D eigenvalue weighted by Gasteiger charge is -2.18. The average molecular weight is 279 g/mol. The van der Waals surface area contributed by atoms with Gasteiger partial charge in [-0.2, -0.15) is 0 Å². The van der Waals surface area contributed by atoms with Crippen LogP contribution in [0.2, 0.25) is 0 Å². The number of aromatic amines is 1. The number of nitrogens with zero attached hydrogens (tertiary/aromatic N) is 3. The van der Waals surface area contributed by atoms with Crippen molar-refractivity contribution in [3.05, 3.63) is 60.4 Å². The number of anilines is 2. The molecular formula is C16H17N5. The molecule has 0 aliphatic carbocycles. The fourth-order valence-electron chi connectivity index (χ4n) is 2.21. The predicted molar refractivity (Wildman–Crippen MR) is 84.8 cm³/mol. The number of nitrogen functional groups attached to an aromatic ring is 1. The molecule has 2 heterocycles. The molecule has 0 unspecified atom stereocenters. The molecule has 3 aromatic rings. The monoisotopic (exact) mass is 279 g/mol. The van der Waals surface area contributed by atoms with Gasteiger partial charge in [0, 0.05) is 31.5 Å². The number of hydrogen-bond donors (Lipinski definition) is 2. The van der Waals surface area contributed by atoms with Crippen molar-refractivity contribution in [2.45, 2.75) is 6.54 Å². The molecule has 2 aromatic heterocycles. The number of nitrogens with one attached hydrogen (secondary N) is 1. The Balaban J connectivity index is 1.82. The van der Waals surface area contributed by atoms with Crippen LogP contribution in [0.3, 0.4) is 0 Å². The van der Waals surface area contributed by atoms with Crippen LogP contribution in [0, 0.1) is 0 Å². The van der Waals surface area contributed by atoms with Gasteiger partial charge in [0.1, 0.15) is 5.82 Å². The van der Waals surface area contributed by atoms with E-state index in [0.29, 0.717) is 5.95 Å². The topological polar surface area (TPSA) is 70.8 Å². The lowest BCUT2D eigenvalue weighted by atomic mass is 10.2. The van der Waals surface area contributed by atoms with Gasteiger partial charge in [0.15, 0.2) is 5.95 Å². The van der Waals surface area contributed by atoms with Gasteiger partial charge in [-0.25, -0.2) is 9.97 Å². The van der Waals surface area contributed by atoms with Gasteiger partial charge in [0.2, 0.25) is 0 Å². The molecule has 0 atom stereocenters. The Labute approximate surface area is 123 Å². The molecule has 21 heavy (non-hydrogen) atoms. The van der Waals surface area contributed by atoms with E-state index in [2.05, 4.69) is 32.0 Å². The molecule has 0 aliphatic rings. The van der Waals surface area contributed by atoms with Crippen molar-refractivity contribution in [3.8, 4) is 11.3 Å². The van der Waals surface area contributed by atoms with Gasteiger partial charge in [0.05, 0.1) is 5.69 Å². The summed E-state index contributed by atoms with van der Waals surface area (Å²) in [5.74, 6) is 1.32. The maximum Gasteiger partial charge on any atom is 0.198 e. The molecule has 5 heteroatoms. The third kappa shape index (κ3) is 3.02. The highest BCUT2D eigenvalue weighted by molar-refractivity contribution is 5.63. The Morgan fingerprint density at radius 2 is 2.00 bits per heavy atom. The molecule has 3 rings (SSSR count). The Morgan fingerprint density at radius 1 is 1.19 bits per heavy atom. The van der Waals surface area contributed by atoms with Crippen LogP contribution in [0.15, 0.2) is 54.9 Å². The molecule has 0 aliphatic heterocycles. The lowest BCUT2D eigenvalue weighted by molar-refractivity contribution is 0.898. The zero-order chi connectivity index (χ0) is 14.7. The highest BCUT2D eigenvalue weighted by Gasteiger charge is 2.07. The second-order valence-electron chi connectivity index (χ2n) is 4.92. The summed E-state index contributed by atoms with van der Waals surface area (Å²) in [5, 5.41) is 0. The van der Waals surface area contributed by atoms with Crippen molar-refractivity contribution in [1.29, 1.82) is 0 Å². The van der Waals surface area contributed by atoms with E-state index in [1.54, 1.807) is 12.4 Å². The first-order chi connectivity index (χ1) is 10.2. The van der Waals surface area contributed by atoms with E-state index >= 15 is 0 Å². The summed E-state index contributed by atoms with van der Waals surface area (Å²) in [5.41, 5.74) is 8.69. The van der Waals surface area contributed by atoms with Crippen LogP contribution >= 0.6 is 0 Å². The fourth-order valence-corrected chi connectivity index (χ4v) is 2.21.